The van der Waals surface area contributed by atoms with Crippen molar-refractivity contribution < 1.29 is 9.53 Å². The molecular weight excluding hydrogens is 254 g/mol. The molecule has 2 N–H and O–H groups in total. The average Bonchev–Trinajstić information content (AvgIpc) is 2.92. The van der Waals surface area contributed by atoms with Crippen LogP contribution >= 0.6 is 0 Å². The topological polar surface area (TPSA) is 63.2 Å². The predicted octanol–water partition coefficient (Wildman–Crippen LogP) is 2.20. The van der Waals surface area contributed by atoms with Gasteiger partial charge in [-0.2, -0.15) is 0 Å². The minimum absolute atomic E-state index is 0.0929. The SMILES string of the molecule is CCCC1(C(=O)Nc2ccc(OCC)nc2)CCNC1. The van der Waals surface area contributed by atoms with Crippen molar-refractivity contribution in [3.05, 3.63) is 18.3 Å². The van der Waals surface area contributed by atoms with Gasteiger partial charge in [-0.1, -0.05) is 13.3 Å². The first-order chi connectivity index (χ1) is 9.70. The van der Waals surface area contributed by atoms with E-state index < -0.39 is 0 Å². The molecule has 2 heterocycles. The van der Waals surface area contributed by atoms with Crippen LogP contribution in [0.2, 0.25) is 0 Å². The first-order valence-corrected chi connectivity index (χ1v) is 7.31. The van der Waals surface area contributed by atoms with Crippen LogP contribution in [0.4, 0.5) is 5.69 Å². The second-order valence-corrected chi connectivity index (χ2v) is 5.23. The summed E-state index contributed by atoms with van der Waals surface area (Å²) in [5, 5.41) is 6.28. The number of rotatable bonds is 6. The quantitative estimate of drug-likeness (QED) is 0.836. The number of amides is 1. The molecule has 1 aliphatic heterocycles. The Morgan fingerprint density at radius 3 is 2.90 bits per heavy atom. The summed E-state index contributed by atoms with van der Waals surface area (Å²) in [4.78, 5) is 16.7. The van der Waals surface area contributed by atoms with Crippen LogP contribution in [0.25, 0.3) is 0 Å². The summed E-state index contributed by atoms with van der Waals surface area (Å²) in [6.07, 6.45) is 4.47. The van der Waals surface area contributed by atoms with Gasteiger partial charge in [-0.15, -0.1) is 0 Å². The molecular formula is C15H23N3O2. The molecule has 1 unspecified atom stereocenters. The molecule has 20 heavy (non-hydrogen) atoms. The van der Waals surface area contributed by atoms with Crippen LogP contribution in [-0.4, -0.2) is 30.6 Å². The van der Waals surface area contributed by atoms with Crippen molar-refractivity contribution in [3.63, 3.8) is 0 Å². The van der Waals surface area contributed by atoms with E-state index in [0.717, 1.165) is 38.0 Å². The maximum atomic E-state index is 12.5. The molecule has 0 bridgehead atoms. The molecule has 0 aliphatic carbocycles. The Kier molecular flexibility index (Phi) is 4.95. The van der Waals surface area contributed by atoms with E-state index in [1.807, 2.05) is 13.0 Å². The van der Waals surface area contributed by atoms with Crippen molar-refractivity contribution in [1.82, 2.24) is 10.3 Å². The fraction of sp³-hybridized carbons (Fsp3) is 0.600. The number of carbonyl (C=O) groups is 1. The van der Waals surface area contributed by atoms with Crippen molar-refractivity contribution in [2.45, 2.75) is 33.1 Å². The molecule has 110 valence electrons. The molecule has 1 aromatic heterocycles. The standard InChI is InChI=1S/C15H23N3O2/c1-3-7-15(8-9-16-11-15)14(19)18-12-5-6-13(17-10-12)20-4-2/h5-6,10,16H,3-4,7-9,11H2,1-2H3,(H,18,19). The van der Waals surface area contributed by atoms with Gasteiger partial charge in [0.25, 0.3) is 0 Å². The number of ether oxygens (including phenoxy) is 1. The third-order valence-corrected chi connectivity index (χ3v) is 3.74. The van der Waals surface area contributed by atoms with E-state index in [-0.39, 0.29) is 11.3 Å². The van der Waals surface area contributed by atoms with Crippen molar-refractivity contribution in [1.29, 1.82) is 0 Å². The van der Waals surface area contributed by atoms with Crippen LogP contribution in [0, 0.1) is 5.41 Å². The fourth-order valence-corrected chi connectivity index (χ4v) is 2.69. The normalized spacial score (nSPS) is 21.7. The van der Waals surface area contributed by atoms with E-state index in [4.69, 9.17) is 4.74 Å². The Labute approximate surface area is 120 Å². The molecule has 0 aromatic carbocycles. The van der Waals surface area contributed by atoms with E-state index in [1.54, 1.807) is 12.3 Å². The zero-order chi connectivity index (χ0) is 14.4. The van der Waals surface area contributed by atoms with E-state index in [9.17, 15) is 4.79 Å². The Balaban J connectivity index is 2.02. The van der Waals surface area contributed by atoms with E-state index in [0.29, 0.717) is 12.5 Å². The Morgan fingerprint density at radius 2 is 2.35 bits per heavy atom. The minimum atomic E-state index is -0.270. The number of nitrogens with one attached hydrogen (secondary N) is 2. The van der Waals surface area contributed by atoms with Crippen LogP contribution in [0.1, 0.15) is 33.1 Å². The molecule has 1 saturated heterocycles. The number of hydrogen-bond acceptors (Lipinski definition) is 4. The van der Waals surface area contributed by atoms with Crippen molar-refractivity contribution in [3.8, 4) is 5.88 Å². The van der Waals surface area contributed by atoms with Gasteiger partial charge in [0.15, 0.2) is 0 Å². The summed E-state index contributed by atoms with van der Waals surface area (Å²) in [5.74, 6) is 0.673. The molecule has 1 fully saturated rings. The van der Waals surface area contributed by atoms with Crippen LogP contribution in [0.3, 0.4) is 0 Å². The van der Waals surface area contributed by atoms with Gasteiger partial charge in [-0.3, -0.25) is 4.79 Å². The molecule has 2 rings (SSSR count). The summed E-state index contributed by atoms with van der Waals surface area (Å²) in [6.45, 7) is 6.29. The average molecular weight is 277 g/mol. The lowest BCUT2D eigenvalue weighted by Gasteiger charge is -2.26. The molecule has 0 saturated carbocycles. The van der Waals surface area contributed by atoms with E-state index in [2.05, 4.69) is 22.5 Å². The van der Waals surface area contributed by atoms with Crippen molar-refractivity contribution in [2.75, 3.05) is 25.0 Å². The monoisotopic (exact) mass is 277 g/mol. The number of anilines is 1. The smallest absolute Gasteiger partial charge is 0.231 e. The van der Waals surface area contributed by atoms with Gasteiger partial charge in [0.2, 0.25) is 11.8 Å². The summed E-state index contributed by atoms with van der Waals surface area (Å²) in [5.41, 5.74) is 0.452. The van der Waals surface area contributed by atoms with Gasteiger partial charge in [-0.05, 0) is 32.4 Å². The third-order valence-electron chi connectivity index (χ3n) is 3.74. The summed E-state index contributed by atoms with van der Waals surface area (Å²) in [6, 6.07) is 3.61. The van der Waals surface area contributed by atoms with Crippen LogP contribution in [-0.2, 0) is 4.79 Å². The van der Waals surface area contributed by atoms with Crippen LogP contribution in [0.15, 0.2) is 18.3 Å². The highest BCUT2D eigenvalue weighted by Gasteiger charge is 2.40. The summed E-state index contributed by atoms with van der Waals surface area (Å²) >= 11 is 0. The van der Waals surface area contributed by atoms with Crippen LogP contribution < -0.4 is 15.4 Å². The second-order valence-electron chi connectivity index (χ2n) is 5.23. The zero-order valence-electron chi connectivity index (χ0n) is 12.2. The molecule has 1 atom stereocenters. The third kappa shape index (κ3) is 3.28. The lowest BCUT2D eigenvalue weighted by atomic mass is 9.81. The number of hydrogen-bond donors (Lipinski definition) is 2. The van der Waals surface area contributed by atoms with E-state index in [1.165, 1.54) is 0 Å². The predicted molar refractivity (Wildman–Crippen MR) is 78.9 cm³/mol. The maximum absolute atomic E-state index is 12.5. The molecule has 1 aromatic rings. The van der Waals surface area contributed by atoms with Gasteiger partial charge in [0.1, 0.15) is 0 Å². The second kappa shape index (κ2) is 6.70. The van der Waals surface area contributed by atoms with Gasteiger partial charge in [0, 0.05) is 12.6 Å². The lowest BCUT2D eigenvalue weighted by Crippen LogP contribution is -2.38. The highest BCUT2D eigenvalue weighted by atomic mass is 16.5. The maximum Gasteiger partial charge on any atom is 0.231 e. The largest absolute Gasteiger partial charge is 0.478 e. The van der Waals surface area contributed by atoms with Crippen molar-refractivity contribution >= 4 is 11.6 Å². The highest BCUT2D eigenvalue weighted by Crippen LogP contribution is 2.32. The lowest BCUT2D eigenvalue weighted by molar-refractivity contribution is -0.125. The zero-order valence-corrected chi connectivity index (χ0v) is 12.2. The molecule has 5 nitrogen and oxygen atoms in total. The fourth-order valence-electron chi connectivity index (χ4n) is 2.69. The van der Waals surface area contributed by atoms with Gasteiger partial charge in [0.05, 0.1) is 23.9 Å². The van der Waals surface area contributed by atoms with Crippen LogP contribution in [0.5, 0.6) is 5.88 Å². The number of pyridine rings is 1. The Bertz CT molecular complexity index is 439. The Hall–Kier alpha value is -1.62. The van der Waals surface area contributed by atoms with Crippen molar-refractivity contribution in [2.24, 2.45) is 5.41 Å². The first kappa shape index (κ1) is 14.8. The number of nitrogens with zero attached hydrogens (tertiary/aromatic N) is 1. The molecule has 5 heteroatoms. The molecule has 0 radical (unpaired) electrons. The first-order valence-electron chi connectivity index (χ1n) is 7.31. The summed E-state index contributed by atoms with van der Waals surface area (Å²) < 4.78 is 5.29. The van der Waals surface area contributed by atoms with E-state index >= 15 is 0 Å². The molecule has 1 aliphatic rings. The molecule has 0 spiro atoms. The molecule has 1 amide bonds. The van der Waals surface area contributed by atoms with Gasteiger partial charge < -0.3 is 15.4 Å². The summed E-state index contributed by atoms with van der Waals surface area (Å²) in [7, 11) is 0. The van der Waals surface area contributed by atoms with Gasteiger partial charge >= 0.3 is 0 Å². The Morgan fingerprint density at radius 1 is 1.50 bits per heavy atom. The van der Waals surface area contributed by atoms with Gasteiger partial charge in [-0.25, -0.2) is 4.98 Å². The number of carbonyl (C=O) groups excluding carboxylic acids is 1. The number of aromatic nitrogens is 1. The minimum Gasteiger partial charge on any atom is -0.478 e. The highest BCUT2D eigenvalue weighted by molar-refractivity contribution is 5.95.